The van der Waals surface area contributed by atoms with Crippen molar-refractivity contribution in [2.45, 2.75) is 40.3 Å². The molecule has 0 aliphatic rings. The summed E-state index contributed by atoms with van der Waals surface area (Å²) >= 11 is 0. The lowest BCUT2D eigenvalue weighted by atomic mass is 10.0. The third-order valence-corrected chi connectivity index (χ3v) is 5.36. The van der Waals surface area contributed by atoms with Crippen molar-refractivity contribution in [3.63, 3.8) is 0 Å². The Balaban J connectivity index is 1.53. The summed E-state index contributed by atoms with van der Waals surface area (Å²) in [5, 5.41) is 0.704. The first-order valence-corrected chi connectivity index (χ1v) is 9.99. The largest absolute Gasteiger partial charge is 0.453 e. The number of rotatable bonds is 6. The van der Waals surface area contributed by atoms with Gasteiger partial charge in [-0.25, -0.2) is 4.98 Å². The number of nitrogens with zero attached hydrogens (tertiary/aromatic N) is 2. The second-order valence-corrected chi connectivity index (χ2v) is 7.63. The normalized spacial score (nSPS) is 12.2. The summed E-state index contributed by atoms with van der Waals surface area (Å²) in [6.45, 7) is 5.79. The second kappa shape index (κ2) is 7.92. The van der Waals surface area contributed by atoms with E-state index in [4.69, 9.17) is 9.15 Å². The molecule has 9 nitrogen and oxygen atoms in total. The number of hydrogen-bond donors (Lipinski definition) is 1. The average Bonchev–Trinajstić information content (AvgIpc) is 3.26. The summed E-state index contributed by atoms with van der Waals surface area (Å²) in [4.78, 5) is 56.9. The van der Waals surface area contributed by atoms with Gasteiger partial charge in [0, 0.05) is 16.6 Å². The Morgan fingerprint density at radius 3 is 2.62 bits per heavy atom. The molecule has 0 spiro atoms. The molecule has 0 aliphatic carbocycles. The molecule has 4 rings (SSSR count). The molecule has 0 radical (unpaired) electrons. The van der Waals surface area contributed by atoms with Crippen LogP contribution >= 0.6 is 0 Å². The molecule has 0 saturated carbocycles. The predicted molar refractivity (Wildman–Crippen MR) is 116 cm³/mol. The van der Waals surface area contributed by atoms with Crippen LogP contribution in [0.5, 0.6) is 0 Å². The van der Waals surface area contributed by atoms with Crippen LogP contribution in [0.2, 0.25) is 0 Å². The average molecular weight is 435 g/mol. The fourth-order valence-electron chi connectivity index (χ4n) is 3.88. The number of carbonyl (C=O) groups excluding carboxylic acids is 3. The minimum Gasteiger partial charge on any atom is -0.453 e. The van der Waals surface area contributed by atoms with Crippen molar-refractivity contribution in [2.24, 2.45) is 0 Å². The van der Waals surface area contributed by atoms with Gasteiger partial charge in [-0.1, -0.05) is 12.1 Å². The van der Waals surface area contributed by atoms with Crippen molar-refractivity contribution in [3.8, 4) is 0 Å². The van der Waals surface area contributed by atoms with Gasteiger partial charge in [0.2, 0.25) is 11.4 Å². The Kier molecular flexibility index (Phi) is 5.25. The highest BCUT2D eigenvalue weighted by Gasteiger charge is 2.26. The van der Waals surface area contributed by atoms with E-state index in [1.807, 2.05) is 6.07 Å². The molecular weight excluding hydrogens is 414 g/mol. The first kappa shape index (κ1) is 21.2. The summed E-state index contributed by atoms with van der Waals surface area (Å²) in [6.07, 6.45) is 0.135. The number of hydrogen-bond acceptors (Lipinski definition) is 7. The zero-order valence-corrected chi connectivity index (χ0v) is 18.0. The predicted octanol–water partition coefficient (Wildman–Crippen LogP) is 3.10. The van der Waals surface area contributed by atoms with Crippen LogP contribution in [0.1, 0.15) is 46.0 Å². The Bertz CT molecular complexity index is 1460. The lowest BCUT2D eigenvalue weighted by Gasteiger charge is -2.13. The van der Waals surface area contributed by atoms with Crippen LogP contribution in [0.25, 0.3) is 22.1 Å². The number of ether oxygens (including phenoxy) is 1. The number of nitrogens with one attached hydrogen (secondary N) is 1. The van der Waals surface area contributed by atoms with E-state index in [0.29, 0.717) is 33.3 Å². The van der Waals surface area contributed by atoms with Gasteiger partial charge in [0.15, 0.2) is 11.9 Å². The number of ketones is 2. The van der Waals surface area contributed by atoms with E-state index in [2.05, 4.69) is 9.97 Å². The van der Waals surface area contributed by atoms with Crippen LogP contribution in [0.15, 0.2) is 39.8 Å². The molecular formula is C23H21N3O6. The van der Waals surface area contributed by atoms with Crippen LogP contribution in [0.3, 0.4) is 0 Å². The van der Waals surface area contributed by atoms with Gasteiger partial charge in [0.1, 0.15) is 17.6 Å². The van der Waals surface area contributed by atoms with Crippen molar-refractivity contribution >= 4 is 39.6 Å². The maximum Gasteiger partial charge on any atom is 0.326 e. The molecule has 0 amide bonds. The number of fused-ring (bicyclic) bond motifs is 3. The number of H-pyrrole nitrogens is 1. The summed E-state index contributed by atoms with van der Waals surface area (Å²) < 4.78 is 11.9. The highest BCUT2D eigenvalue weighted by molar-refractivity contribution is 6.05. The van der Waals surface area contributed by atoms with Gasteiger partial charge < -0.3 is 14.1 Å². The van der Waals surface area contributed by atoms with Gasteiger partial charge in [-0.15, -0.1) is 0 Å². The molecule has 4 aromatic rings. The van der Waals surface area contributed by atoms with E-state index < -0.39 is 30.0 Å². The highest BCUT2D eigenvalue weighted by Crippen LogP contribution is 2.24. The Morgan fingerprint density at radius 2 is 1.94 bits per heavy atom. The van der Waals surface area contributed by atoms with Gasteiger partial charge >= 0.3 is 5.97 Å². The molecule has 32 heavy (non-hydrogen) atoms. The number of Topliss-reactive ketones (excluding diaryl/α,β-unsaturated/α-hetero) is 2. The maximum absolute atomic E-state index is 12.8. The first-order valence-electron chi connectivity index (χ1n) is 9.99. The summed E-state index contributed by atoms with van der Waals surface area (Å²) in [5.41, 5.74) is 2.21. The first-order chi connectivity index (χ1) is 15.2. The Morgan fingerprint density at radius 1 is 1.22 bits per heavy atom. The quantitative estimate of drug-likeness (QED) is 0.364. The highest BCUT2D eigenvalue weighted by atomic mass is 16.5. The number of carbonyl (C=O) groups is 3. The molecule has 0 fully saturated rings. The SMILES string of the molecule is CC(=O)c1c(C)[nH]c(C(=O)C(C)OC(=O)Cn2cnc3c(oc4ccccc43)c2=O)c1C. The molecule has 3 aromatic heterocycles. The number of furan rings is 1. The van der Waals surface area contributed by atoms with E-state index >= 15 is 0 Å². The van der Waals surface area contributed by atoms with Crippen LogP contribution in [-0.4, -0.2) is 38.2 Å². The van der Waals surface area contributed by atoms with Crippen LogP contribution in [0.4, 0.5) is 0 Å². The van der Waals surface area contributed by atoms with Gasteiger partial charge in [-0.3, -0.25) is 23.7 Å². The lowest BCUT2D eigenvalue weighted by molar-refractivity contribution is -0.147. The molecule has 0 saturated heterocycles. The third kappa shape index (κ3) is 3.51. The van der Waals surface area contributed by atoms with Crippen molar-refractivity contribution in [1.29, 1.82) is 0 Å². The number of benzene rings is 1. The monoisotopic (exact) mass is 435 g/mol. The molecule has 1 N–H and O–H groups in total. The fraction of sp³-hybridized carbons (Fsp3) is 0.261. The zero-order chi connectivity index (χ0) is 23.2. The molecule has 3 heterocycles. The zero-order valence-electron chi connectivity index (χ0n) is 18.0. The van der Waals surface area contributed by atoms with Crippen LogP contribution in [-0.2, 0) is 16.1 Å². The van der Waals surface area contributed by atoms with E-state index in [0.717, 1.165) is 4.57 Å². The van der Waals surface area contributed by atoms with Crippen molar-refractivity contribution in [3.05, 3.63) is 63.5 Å². The van der Waals surface area contributed by atoms with Gasteiger partial charge in [-0.05, 0) is 45.4 Å². The minimum atomic E-state index is -1.11. The van der Waals surface area contributed by atoms with Crippen molar-refractivity contribution in [2.75, 3.05) is 0 Å². The summed E-state index contributed by atoms with van der Waals surface area (Å²) in [7, 11) is 0. The van der Waals surface area contributed by atoms with Crippen LogP contribution < -0.4 is 5.56 Å². The molecule has 1 unspecified atom stereocenters. The maximum atomic E-state index is 12.8. The smallest absolute Gasteiger partial charge is 0.326 e. The van der Waals surface area contributed by atoms with E-state index in [9.17, 15) is 19.2 Å². The topological polar surface area (TPSA) is 124 Å². The van der Waals surface area contributed by atoms with E-state index in [1.54, 1.807) is 32.0 Å². The summed E-state index contributed by atoms with van der Waals surface area (Å²) in [6, 6.07) is 7.12. The lowest BCUT2D eigenvalue weighted by Crippen LogP contribution is -2.30. The van der Waals surface area contributed by atoms with Crippen LogP contribution in [0, 0.1) is 13.8 Å². The van der Waals surface area contributed by atoms with Crippen molar-refractivity contribution in [1.82, 2.24) is 14.5 Å². The van der Waals surface area contributed by atoms with Gasteiger partial charge in [0.25, 0.3) is 5.56 Å². The molecule has 9 heteroatoms. The number of esters is 1. The molecule has 1 atom stereocenters. The standard InChI is InChI=1S/C23H21N3O6/c1-11-18(13(3)27)12(2)25-19(11)21(29)14(4)31-17(28)9-26-10-24-20-15-7-5-6-8-16(15)32-22(20)23(26)30/h5-8,10,14,25H,9H2,1-4H3. The summed E-state index contributed by atoms with van der Waals surface area (Å²) in [5.74, 6) is -1.41. The van der Waals surface area contributed by atoms with Gasteiger partial charge in [0.05, 0.1) is 12.0 Å². The minimum absolute atomic E-state index is 0.0415. The molecule has 164 valence electrons. The molecule has 1 aromatic carbocycles. The number of aromatic amines is 1. The Hall–Kier alpha value is -4.01. The van der Waals surface area contributed by atoms with Gasteiger partial charge in [-0.2, -0.15) is 0 Å². The number of aryl methyl sites for hydroxylation is 1. The number of para-hydroxylation sites is 1. The molecule has 0 bridgehead atoms. The van der Waals surface area contributed by atoms with Crippen molar-refractivity contribution < 1.29 is 23.5 Å². The van der Waals surface area contributed by atoms with E-state index in [-0.39, 0.29) is 17.1 Å². The Labute approximate surface area is 182 Å². The molecule has 0 aliphatic heterocycles. The third-order valence-electron chi connectivity index (χ3n) is 5.36. The fourth-order valence-corrected chi connectivity index (χ4v) is 3.88. The number of aromatic nitrogens is 3. The van der Waals surface area contributed by atoms with E-state index in [1.165, 1.54) is 20.2 Å². The second-order valence-electron chi connectivity index (χ2n) is 7.63.